The van der Waals surface area contributed by atoms with Crippen molar-refractivity contribution >= 4 is 51.5 Å². The number of likely N-dealkylation sites (N-methyl/N-ethyl adjacent to an activating group) is 1. The van der Waals surface area contributed by atoms with Gasteiger partial charge in [-0.3, -0.25) is 4.79 Å². The van der Waals surface area contributed by atoms with Crippen LogP contribution in [0.4, 0.5) is 0 Å². The van der Waals surface area contributed by atoms with Gasteiger partial charge in [0.25, 0.3) is 5.91 Å². The lowest BCUT2D eigenvalue weighted by atomic mass is 10.2. The van der Waals surface area contributed by atoms with Crippen molar-refractivity contribution in [2.45, 2.75) is 25.8 Å². The largest absolute Gasteiger partial charge is 0.334 e. The molecule has 1 saturated heterocycles. The molecule has 8 heteroatoms. The molecule has 27 heavy (non-hydrogen) atoms. The van der Waals surface area contributed by atoms with Gasteiger partial charge in [-0.25, -0.2) is 4.68 Å². The Labute approximate surface area is 173 Å². The third-order valence-corrected chi connectivity index (χ3v) is 6.22. The molecule has 3 heterocycles. The molecule has 0 radical (unpaired) electrons. The number of fused-ring (bicyclic) bond motifs is 1. The number of hydrogen-bond donors (Lipinski definition) is 1. The van der Waals surface area contributed by atoms with Crippen molar-refractivity contribution in [2.24, 2.45) is 0 Å². The minimum absolute atomic E-state index is 0. The van der Waals surface area contributed by atoms with Crippen molar-refractivity contribution in [3.8, 4) is 5.69 Å². The van der Waals surface area contributed by atoms with Gasteiger partial charge in [-0.2, -0.15) is 5.10 Å². The van der Waals surface area contributed by atoms with Crippen LogP contribution in [-0.4, -0.2) is 46.8 Å². The molecule has 1 aromatic carbocycles. The van der Waals surface area contributed by atoms with E-state index in [0.717, 1.165) is 52.4 Å². The zero-order valence-electron chi connectivity index (χ0n) is 15.2. The molecule has 0 bridgehead atoms. The molecule has 5 nitrogen and oxygen atoms in total. The SMILES string of the molecule is CNCC1CCCN1C(=O)c1cc2c(C)nn(-c3cccc(Cl)c3)c2s1.Cl. The third kappa shape index (κ3) is 3.72. The Morgan fingerprint density at radius 1 is 1.41 bits per heavy atom. The Morgan fingerprint density at radius 2 is 2.22 bits per heavy atom. The van der Waals surface area contributed by atoms with E-state index in [-0.39, 0.29) is 24.4 Å². The van der Waals surface area contributed by atoms with Crippen LogP contribution in [0.5, 0.6) is 0 Å². The van der Waals surface area contributed by atoms with Crippen LogP contribution < -0.4 is 5.32 Å². The fourth-order valence-electron chi connectivity index (χ4n) is 3.63. The number of halogens is 2. The summed E-state index contributed by atoms with van der Waals surface area (Å²) in [6.45, 7) is 3.65. The molecule has 4 rings (SSSR count). The van der Waals surface area contributed by atoms with Gasteiger partial charge in [0.2, 0.25) is 0 Å². The highest BCUT2D eigenvalue weighted by Crippen LogP contribution is 2.32. The molecule has 1 atom stereocenters. The monoisotopic (exact) mass is 424 g/mol. The van der Waals surface area contributed by atoms with Gasteiger partial charge in [-0.1, -0.05) is 17.7 Å². The average molecular weight is 425 g/mol. The second kappa shape index (κ2) is 8.19. The molecule has 3 aromatic rings. The van der Waals surface area contributed by atoms with E-state index in [1.165, 1.54) is 11.3 Å². The Bertz CT molecular complexity index is 968. The quantitative estimate of drug-likeness (QED) is 0.679. The Kier molecular flexibility index (Phi) is 6.11. The van der Waals surface area contributed by atoms with Crippen molar-refractivity contribution in [3.05, 3.63) is 45.9 Å². The predicted octanol–water partition coefficient (Wildman–Crippen LogP) is 4.29. The van der Waals surface area contributed by atoms with Crippen LogP contribution in [0.2, 0.25) is 5.02 Å². The van der Waals surface area contributed by atoms with Crippen LogP contribution in [0.25, 0.3) is 15.9 Å². The topological polar surface area (TPSA) is 50.2 Å². The highest BCUT2D eigenvalue weighted by Gasteiger charge is 2.30. The number of nitrogens with one attached hydrogen (secondary N) is 1. The Hall–Kier alpha value is -1.60. The maximum Gasteiger partial charge on any atom is 0.264 e. The van der Waals surface area contributed by atoms with Gasteiger partial charge in [0.1, 0.15) is 4.83 Å². The van der Waals surface area contributed by atoms with E-state index in [1.807, 2.05) is 53.9 Å². The number of hydrogen-bond acceptors (Lipinski definition) is 4. The van der Waals surface area contributed by atoms with Gasteiger partial charge >= 0.3 is 0 Å². The minimum Gasteiger partial charge on any atom is -0.334 e. The van der Waals surface area contributed by atoms with E-state index in [0.29, 0.717) is 5.02 Å². The molecular formula is C19H22Cl2N4OS. The van der Waals surface area contributed by atoms with E-state index >= 15 is 0 Å². The van der Waals surface area contributed by atoms with Crippen LogP contribution in [0.1, 0.15) is 28.2 Å². The lowest BCUT2D eigenvalue weighted by molar-refractivity contribution is 0.0742. The van der Waals surface area contributed by atoms with E-state index in [2.05, 4.69) is 10.4 Å². The van der Waals surface area contributed by atoms with Crippen molar-refractivity contribution in [1.29, 1.82) is 0 Å². The second-order valence-corrected chi connectivity index (χ2v) is 8.13. The van der Waals surface area contributed by atoms with Crippen molar-refractivity contribution in [1.82, 2.24) is 20.0 Å². The first-order valence-corrected chi connectivity index (χ1v) is 9.98. The van der Waals surface area contributed by atoms with Crippen LogP contribution in [0.15, 0.2) is 30.3 Å². The Balaban J connectivity index is 0.00000210. The molecule has 1 N–H and O–H groups in total. The predicted molar refractivity (Wildman–Crippen MR) is 114 cm³/mol. The molecule has 0 spiro atoms. The zero-order chi connectivity index (χ0) is 18.3. The summed E-state index contributed by atoms with van der Waals surface area (Å²) in [5.41, 5.74) is 1.83. The van der Waals surface area contributed by atoms with Gasteiger partial charge in [-0.05, 0) is 51.1 Å². The standard InChI is InChI=1S/C19H21ClN4OS.ClH/c1-12-16-10-17(18(25)23-8-4-7-15(23)11-21-2)26-19(16)24(22-12)14-6-3-5-13(20)9-14;/h3,5-6,9-10,15,21H,4,7-8,11H2,1-2H3;1H. The number of aromatic nitrogens is 2. The number of amides is 1. The molecule has 1 aliphatic heterocycles. The first kappa shape index (κ1) is 20.1. The second-order valence-electron chi connectivity index (χ2n) is 6.66. The summed E-state index contributed by atoms with van der Waals surface area (Å²) in [6.07, 6.45) is 2.13. The summed E-state index contributed by atoms with van der Waals surface area (Å²) in [5.74, 6) is 0.126. The number of thiophene rings is 1. The first-order valence-electron chi connectivity index (χ1n) is 8.79. The summed E-state index contributed by atoms with van der Waals surface area (Å²) >= 11 is 7.64. The maximum atomic E-state index is 13.1. The highest BCUT2D eigenvalue weighted by atomic mass is 35.5. The molecule has 1 fully saturated rings. The van der Waals surface area contributed by atoms with E-state index in [9.17, 15) is 4.79 Å². The summed E-state index contributed by atoms with van der Waals surface area (Å²) in [6, 6.07) is 9.88. The fraction of sp³-hybridized carbons (Fsp3) is 0.368. The van der Waals surface area contributed by atoms with Gasteiger partial charge in [-0.15, -0.1) is 23.7 Å². The molecule has 1 aliphatic rings. The van der Waals surface area contributed by atoms with Crippen LogP contribution in [-0.2, 0) is 0 Å². The third-order valence-electron chi connectivity index (χ3n) is 4.89. The van der Waals surface area contributed by atoms with E-state index in [1.54, 1.807) is 0 Å². The normalized spacial score (nSPS) is 16.7. The smallest absolute Gasteiger partial charge is 0.264 e. The van der Waals surface area contributed by atoms with Crippen LogP contribution in [0, 0.1) is 6.92 Å². The fourth-order valence-corrected chi connectivity index (χ4v) is 4.95. The molecule has 1 unspecified atom stereocenters. The molecule has 2 aromatic heterocycles. The number of benzene rings is 1. The van der Waals surface area contributed by atoms with E-state index in [4.69, 9.17) is 11.6 Å². The number of carbonyl (C=O) groups is 1. The van der Waals surface area contributed by atoms with E-state index < -0.39 is 0 Å². The number of aryl methyl sites for hydroxylation is 1. The van der Waals surface area contributed by atoms with Gasteiger partial charge in [0.15, 0.2) is 0 Å². The number of likely N-dealkylation sites (tertiary alicyclic amines) is 1. The van der Waals surface area contributed by atoms with Crippen molar-refractivity contribution in [3.63, 3.8) is 0 Å². The number of nitrogens with zero attached hydrogens (tertiary/aromatic N) is 3. The summed E-state index contributed by atoms with van der Waals surface area (Å²) in [7, 11) is 1.93. The highest BCUT2D eigenvalue weighted by molar-refractivity contribution is 7.20. The number of rotatable bonds is 4. The van der Waals surface area contributed by atoms with Gasteiger partial charge in [0, 0.05) is 29.5 Å². The van der Waals surface area contributed by atoms with Crippen LogP contribution in [0.3, 0.4) is 0 Å². The Morgan fingerprint density at radius 3 is 2.96 bits per heavy atom. The van der Waals surface area contributed by atoms with Gasteiger partial charge < -0.3 is 10.2 Å². The first-order chi connectivity index (χ1) is 12.6. The van der Waals surface area contributed by atoms with Gasteiger partial charge in [0.05, 0.1) is 16.3 Å². The van der Waals surface area contributed by atoms with Crippen molar-refractivity contribution < 1.29 is 4.79 Å². The zero-order valence-corrected chi connectivity index (χ0v) is 17.6. The lowest BCUT2D eigenvalue weighted by Gasteiger charge is -2.23. The molecule has 0 saturated carbocycles. The maximum absolute atomic E-state index is 13.1. The minimum atomic E-state index is 0. The van der Waals surface area contributed by atoms with Crippen molar-refractivity contribution in [2.75, 3.05) is 20.1 Å². The molecule has 1 amide bonds. The summed E-state index contributed by atoms with van der Waals surface area (Å²) < 4.78 is 1.88. The molecular weight excluding hydrogens is 403 g/mol. The van der Waals surface area contributed by atoms with Crippen LogP contribution >= 0.6 is 35.3 Å². The summed E-state index contributed by atoms with van der Waals surface area (Å²) in [5, 5.41) is 9.53. The molecule has 0 aliphatic carbocycles. The number of carbonyl (C=O) groups excluding carboxylic acids is 1. The summed E-state index contributed by atoms with van der Waals surface area (Å²) in [4.78, 5) is 16.8. The molecule has 144 valence electrons. The average Bonchev–Trinajstić information content (AvgIpc) is 3.32. The lowest BCUT2D eigenvalue weighted by Crippen LogP contribution is -2.40.